The summed E-state index contributed by atoms with van der Waals surface area (Å²) >= 11 is 5.85. The van der Waals surface area contributed by atoms with Crippen LogP contribution in [0.1, 0.15) is 34.9 Å². The quantitative estimate of drug-likeness (QED) is 0.878. The molecule has 0 radical (unpaired) electrons. The molecule has 1 aliphatic heterocycles. The van der Waals surface area contributed by atoms with E-state index in [4.69, 9.17) is 11.6 Å². The highest BCUT2D eigenvalue weighted by Gasteiger charge is 2.28. The number of piperidine rings is 1. The van der Waals surface area contributed by atoms with E-state index in [1.807, 2.05) is 35.2 Å². The van der Waals surface area contributed by atoms with Crippen LogP contribution in [-0.4, -0.2) is 34.0 Å². The van der Waals surface area contributed by atoms with Gasteiger partial charge in [-0.3, -0.25) is 4.79 Å². The molecular formula is C18H19ClN2O2. The van der Waals surface area contributed by atoms with E-state index < -0.39 is 6.10 Å². The summed E-state index contributed by atoms with van der Waals surface area (Å²) in [5.74, 6) is 0.157. The zero-order chi connectivity index (χ0) is 16.2. The molecule has 3 rings (SSSR count). The highest BCUT2D eigenvalue weighted by molar-refractivity contribution is 6.29. The number of hydrogen-bond acceptors (Lipinski definition) is 3. The van der Waals surface area contributed by atoms with Gasteiger partial charge in [-0.25, -0.2) is 4.98 Å². The zero-order valence-electron chi connectivity index (χ0n) is 12.7. The zero-order valence-corrected chi connectivity index (χ0v) is 13.5. The summed E-state index contributed by atoms with van der Waals surface area (Å²) in [7, 11) is 0. The molecule has 0 saturated carbocycles. The van der Waals surface area contributed by atoms with Gasteiger partial charge < -0.3 is 10.0 Å². The van der Waals surface area contributed by atoms with Crippen LogP contribution in [0.15, 0.2) is 48.7 Å². The molecule has 1 N–H and O–H groups in total. The average molecular weight is 331 g/mol. The van der Waals surface area contributed by atoms with Gasteiger partial charge in [0.1, 0.15) is 5.15 Å². The third-order valence-electron chi connectivity index (χ3n) is 4.39. The Morgan fingerprint density at radius 1 is 1.22 bits per heavy atom. The largest absolute Gasteiger partial charge is 0.388 e. The van der Waals surface area contributed by atoms with Crippen LogP contribution >= 0.6 is 11.6 Å². The first-order chi connectivity index (χ1) is 11.1. The summed E-state index contributed by atoms with van der Waals surface area (Å²) in [5, 5.41) is 10.8. The van der Waals surface area contributed by atoms with E-state index in [-0.39, 0.29) is 11.8 Å². The second kappa shape index (κ2) is 7.11. The van der Waals surface area contributed by atoms with Crippen LogP contribution < -0.4 is 0 Å². The maximum atomic E-state index is 12.5. The van der Waals surface area contributed by atoms with Gasteiger partial charge in [0.15, 0.2) is 0 Å². The SMILES string of the molecule is O=C(c1ccnc(Cl)c1)N1CCC(C(O)c2ccccc2)CC1. The van der Waals surface area contributed by atoms with Crippen molar-refractivity contribution in [1.82, 2.24) is 9.88 Å². The van der Waals surface area contributed by atoms with Crippen LogP contribution in [-0.2, 0) is 0 Å². The predicted molar refractivity (Wildman–Crippen MR) is 89.3 cm³/mol. The number of aliphatic hydroxyl groups is 1. The van der Waals surface area contributed by atoms with Crippen LogP contribution in [0.4, 0.5) is 0 Å². The fraction of sp³-hybridized carbons (Fsp3) is 0.333. The lowest BCUT2D eigenvalue weighted by Crippen LogP contribution is -2.39. The lowest BCUT2D eigenvalue weighted by atomic mass is 9.87. The van der Waals surface area contributed by atoms with Crippen molar-refractivity contribution >= 4 is 17.5 Å². The highest BCUT2D eigenvalue weighted by atomic mass is 35.5. The first-order valence-electron chi connectivity index (χ1n) is 7.79. The molecule has 1 unspecified atom stereocenters. The number of rotatable bonds is 3. The Kier molecular flexibility index (Phi) is 4.94. The Labute approximate surface area is 140 Å². The second-order valence-corrected chi connectivity index (χ2v) is 6.24. The Morgan fingerprint density at radius 3 is 2.57 bits per heavy atom. The number of amides is 1. The molecule has 1 aromatic carbocycles. The van der Waals surface area contributed by atoms with Crippen LogP contribution in [0, 0.1) is 5.92 Å². The summed E-state index contributed by atoms with van der Waals surface area (Å²) in [5.41, 5.74) is 1.50. The van der Waals surface area contributed by atoms with Gasteiger partial charge in [0.25, 0.3) is 5.91 Å². The van der Waals surface area contributed by atoms with Crippen molar-refractivity contribution in [2.45, 2.75) is 18.9 Å². The van der Waals surface area contributed by atoms with Gasteiger partial charge in [-0.1, -0.05) is 41.9 Å². The first-order valence-corrected chi connectivity index (χ1v) is 8.17. The molecule has 1 fully saturated rings. The second-order valence-electron chi connectivity index (χ2n) is 5.85. The summed E-state index contributed by atoms with van der Waals surface area (Å²) < 4.78 is 0. The molecule has 1 aliphatic rings. The molecule has 1 atom stereocenters. The van der Waals surface area contributed by atoms with Crippen LogP contribution in [0.5, 0.6) is 0 Å². The molecule has 2 heterocycles. The summed E-state index contributed by atoms with van der Waals surface area (Å²) in [6, 6.07) is 13.0. The van der Waals surface area contributed by atoms with E-state index in [1.54, 1.807) is 18.3 Å². The molecule has 4 nitrogen and oxygen atoms in total. The number of benzene rings is 1. The van der Waals surface area contributed by atoms with Crippen LogP contribution in [0.3, 0.4) is 0 Å². The van der Waals surface area contributed by atoms with Gasteiger partial charge in [-0.2, -0.15) is 0 Å². The minimum absolute atomic E-state index is 0.0260. The highest BCUT2D eigenvalue weighted by Crippen LogP contribution is 2.31. The lowest BCUT2D eigenvalue weighted by Gasteiger charge is -2.34. The van der Waals surface area contributed by atoms with E-state index in [2.05, 4.69) is 4.98 Å². The molecule has 1 saturated heterocycles. The van der Waals surface area contributed by atoms with Gasteiger partial charge in [-0.05, 0) is 36.5 Å². The number of nitrogens with zero attached hydrogens (tertiary/aromatic N) is 2. The number of carbonyl (C=O) groups is 1. The Bertz CT molecular complexity index is 670. The van der Waals surface area contributed by atoms with Crippen molar-refractivity contribution in [3.05, 3.63) is 64.9 Å². The van der Waals surface area contributed by atoms with E-state index >= 15 is 0 Å². The number of aliphatic hydroxyl groups excluding tert-OH is 1. The number of likely N-dealkylation sites (tertiary alicyclic amines) is 1. The molecular weight excluding hydrogens is 312 g/mol. The summed E-state index contributed by atoms with van der Waals surface area (Å²) in [6.45, 7) is 1.29. The van der Waals surface area contributed by atoms with Crippen molar-refractivity contribution in [3.63, 3.8) is 0 Å². The van der Waals surface area contributed by atoms with E-state index in [0.717, 1.165) is 18.4 Å². The molecule has 0 spiro atoms. The monoisotopic (exact) mass is 330 g/mol. The topological polar surface area (TPSA) is 53.4 Å². The smallest absolute Gasteiger partial charge is 0.254 e. The number of hydrogen-bond donors (Lipinski definition) is 1. The summed E-state index contributed by atoms with van der Waals surface area (Å²) in [6.07, 6.45) is 2.66. The van der Waals surface area contributed by atoms with Crippen molar-refractivity contribution in [1.29, 1.82) is 0 Å². The normalized spacial score (nSPS) is 17.0. The molecule has 120 valence electrons. The van der Waals surface area contributed by atoms with E-state index in [0.29, 0.717) is 23.8 Å². The maximum absolute atomic E-state index is 12.5. The number of aromatic nitrogens is 1. The number of carbonyl (C=O) groups excluding carboxylic acids is 1. The third kappa shape index (κ3) is 3.71. The fourth-order valence-corrected chi connectivity index (χ4v) is 3.23. The Balaban J connectivity index is 1.61. The summed E-state index contributed by atoms with van der Waals surface area (Å²) in [4.78, 5) is 18.2. The maximum Gasteiger partial charge on any atom is 0.254 e. The first kappa shape index (κ1) is 16.0. The Morgan fingerprint density at radius 2 is 1.91 bits per heavy atom. The standard InChI is InChI=1S/C18H19ClN2O2/c19-16-12-15(6-9-20-16)18(23)21-10-7-14(8-11-21)17(22)13-4-2-1-3-5-13/h1-6,9,12,14,17,22H,7-8,10-11H2. The third-order valence-corrected chi connectivity index (χ3v) is 4.59. The lowest BCUT2D eigenvalue weighted by molar-refractivity contribution is 0.0462. The van der Waals surface area contributed by atoms with Gasteiger partial charge in [0.05, 0.1) is 6.10 Å². The van der Waals surface area contributed by atoms with Gasteiger partial charge in [-0.15, -0.1) is 0 Å². The van der Waals surface area contributed by atoms with Gasteiger partial charge >= 0.3 is 0 Å². The van der Waals surface area contributed by atoms with Gasteiger partial charge in [0, 0.05) is 24.8 Å². The predicted octanol–water partition coefficient (Wildman–Crippen LogP) is 3.32. The average Bonchev–Trinajstić information content (AvgIpc) is 2.61. The molecule has 23 heavy (non-hydrogen) atoms. The molecule has 1 aromatic heterocycles. The van der Waals surface area contributed by atoms with Crippen LogP contribution in [0.2, 0.25) is 5.15 Å². The number of pyridine rings is 1. The van der Waals surface area contributed by atoms with E-state index in [9.17, 15) is 9.90 Å². The van der Waals surface area contributed by atoms with Gasteiger partial charge in [0.2, 0.25) is 0 Å². The van der Waals surface area contributed by atoms with Crippen molar-refractivity contribution < 1.29 is 9.90 Å². The van der Waals surface area contributed by atoms with Crippen molar-refractivity contribution in [3.8, 4) is 0 Å². The van der Waals surface area contributed by atoms with Crippen LogP contribution in [0.25, 0.3) is 0 Å². The fourth-order valence-electron chi connectivity index (χ4n) is 3.06. The van der Waals surface area contributed by atoms with Crippen molar-refractivity contribution in [2.75, 3.05) is 13.1 Å². The number of halogens is 1. The molecule has 5 heteroatoms. The molecule has 2 aromatic rings. The molecule has 0 aliphatic carbocycles. The molecule has 1 amide bonds. The Hall–Kier alpha value is -1.91. The van der Waals surface area contributed by atoms with Crippen molar-refractivity contribution in [2.24, 2.45) is 5.92 Å². The minimum Gasteiger partial charge on any atom is -0.388 e. The minimum atomic E-state index is -0.469. The van der Waals surface area contributed by atoms with E-state index in [1.165, 1.54) is 0 Å². The molecule has 0 bridgehead atoms.